The van der Waals surface area contributed by atoms with Crippen LogP contribution in [0.1, 0.15) is 74.5 Å². The Morgan fingerprint density at radius 1 is 1.10 bits per heavy atom. The summed E-state index contributed by atoms with van der Waals surface area (Å²) < 4.78 is 5.83. The van der Waals surface area contributed by atoms with Crippen LogP contribution in [-0.2, 0) is 4.74 Å². The van der Waals surface area contributed by atoms with Gasteiger partial charge in [-0.05, 0) is 42.7 Å². The summed E-state index contributed by atoms with van der Waals surface area (Å²) in [6.45, 7) is 0. The topological polar surface area (TPSA) is 29.5 Å². The summed E-state index contributed by atoms with van der Waals surface area (Å²) in [7, 11) is 1.76. The van der Waals surface area contributed by atoms with Crippen molar-refractivity contribution in [2.45, 2.75) is 69.0 Å². The number of ether oxygens (including phenoxy) is 1. The molecule has 0 aromatic heterocycles. The van der Waals surface area contributed by atoms with E-state index in [1.807, 2.05) is 6.07 Å². The first-order chi connectivity index (χ1) is 9.77. The Morgan fingerprint density at radius 3 is 2.40 bits per heavy atom. The van der Waals surface area contributed by atoms with Gasteiger partial charge in [0.1, 0.15) is 6.10 Å². The van der Waals surface area contributed by atoms with Crippen LogP contribution in [0, 0.1) is 0 Å². The molecule has 0 bridgehead atoms. The first kappa shape index (κ1) is 14.1. The van der Waals surface area contributed by atoms with Crippen molar-refractivity contribution in [2.75, 3.05) is 7.11 Å². The van der Waals surface area contributed by atoms with E-state index in [4.69, 9.17) is 4.74 Å². The lowest BCUT2D eigenvalue weighted by molar-refractivity contribution is -0.125. The monoisotopic (exact) mass is 274 g/mol. The lowest BCUT2D eigenvalue weighted by Gasteiger charge is -2.41. The molecule has 0 saturated heterocycles. The molecule has 20 heavy (non-hydrogen) atoms. The second-order valence-electron chi connectivity index (χ2n) is 6.49. The number of methoxy groups -OCH3 is 1. The average molecular weight is 274 g/mol. The van der Waals surface area contributed by atoms with E-state index >= 15 is 0 Å². The molecule has 2 heteroatoms. The van der Waals surface area contributed by atoms with Crippen molar-refractivity contribution in [3.8, 4) is 0 Å². The second kappa shape index (κ2) is 5.87. The SMILES string of the molecule is COC1(C(O)c2ccccc2C2CCC2)CCCCC1. The van der Waals surface area contributed by atoms with E-state index in [2.05, 4.69) is 18.2 Å². The highest BCUT2D eigenvalue weighted by Gasteiger charge is 2.41. The predicted octanol–water partition coefficient (Wildman–Crippen LogP) is 4.34. The van der Waals surface area contributed by atoms with E-state index in [0.29, 0.717) is 5.92 Å². The second-order valence-corrected chi connectivity index (χ2v) is 6.49. The Balaban J connectivity index is 1.90. The van der Waals surface area contributed by atoms with Gasteiger partial charge >= 0.3 is 0 Å². The van der Waals surface area contributed by atoms with Crippen molar-refractivity contribution in [2.24, 2.45) is 0 Å². The van der Waals surface area contributed by atoms with E-state index < -0.39 is 6.10 Å². The predicted molar refractivity (Wildman–Crippen MR) is 80.8 cm³/mol. The number of hydrogen-bond acceptors (Lipinski definition) is 2. The lowest BCUT2D eigenvalue weighted by Crippen LogP contribution is -2.41. The number of hydrogen-bond donors (Lipinski definition) is 1. The van der Waals surface area contributed by atoms with Gasteiger partial charge in [-0.2, -0.15) is 0 Å². The van der Waals surface area contributed by atoms with Crippen LogP contribution in [-0.4, -0.2) is 17.8 Å². The van der Waals surface area contributed by atoms with Crippen LogP contribution in [0.25, 0.3) is 0 Å². The van der Waals surface area contributed by atoms with Gasteiger partial charge < -0.3 is 9.84 Å². The maximum atomic E-state index is 11.0. The molecule has 1 unspecified atom stereocenters. The molecule has 2 fully saturated rings. The molecule has 3 rings (SSSR count). The highest BCUT2D eigenvalue weighted by molar-refractivity contribution is 5.35. The van der Waals surface area contributed by atoms with Gasteiger partial charge in [0.25, 0.3) is 0 Å². The molecule has 2 saturated carbocycles. The van der Waals surface area contributed by atoms with Gasteiger partial charge in [0, 0.05) is 7.11 Å². The van der Waals surface area contributed by atoms with E-state index in [1.54, 1.807) is 7.11 Å². The molecule has 2 aliphatic rings. The summed E-state index contributed by atoms with van der Waals surface area (Å²) in [4.78, 5) is 0. The Hall–Kier alpha value is -0.860. The minimum atomic E-state index is -0.482. The molecule has 2 aliphatic carbocycles. The average Bonchev–Trinajstić information content (AvgIpc) is 2.46. The summed E-state index contributed by atoms with van der Waals surface area (Å²) in [5.74, 6) is 0.651. The molecule has 1 atom stereocenters. The van der Waals surface area contributed by atoms with Crippen molar-refractivity contribution in [3.63, 3.8) is 0 Å². The number of aliphatic hydroxyl groups excluding tert-OH is 1. The number of benzene rings is 1. The normalized spacial score (nSPS) is 24.1. The minimum Gasteiger partial charge on any atom is -0.385 e. The molecule has 0 radical (unpaired) electrons. The Morgan fingerprint density at radius 2 is 1.80 bits per heavy atom. The number of rotatable bonds is 4. The minimum absolute atomic E-state index is 0.363. The first-order valence-corrected chi connectivity index (χ1v) is 8.09. The molecule has 2 nitrogen and oxygen atoms in total. The van der Waals surface area contributed by atoms with Gasteiger partial charge in [-0.3, -0.25) is 0 Å². The molecule has 1 aromatic rings. The summed E-state index contributed by atoms with van der Waals surface area (Å²) in [5, 5.41) is 11.0. The van der Waals surface area contributed by atoms with Crippen LogP contribution < -0.4 is 0 Å². The van der Waals surface area contributed by atoms with Crippen LogP contribution in [0.3, 0.4) is 0 Å². The van der Waals surface area contributed by atoms with Crippen LogP contribution in [0.2, 0.25) is 0 Å². The van der Waals surface area contributed by atoms with Gasteiger partial charge in [-0.1, -0.05) is 49.9 Å². The number of aliphatic hydroxyl groups is 1. The van der Waals surface area contributed by atoms with Gasteiger partial charge in [-0.15, -0.1) is 0 Å². The lowest BCUT2D eigenvalue weighted by atomic mass is 9.73. The molecule has 110 valence electrons. The standard InChI is InChI=1S/C18H26O2/c1-20-18(12-5-2-6-13-18)17(19)16-11-4-3-10-15(16)14-8-7-9-14/h3-4,10-11,14,17,19H,2,5-9,12-13H2,1H3. The van der Waals surface area contributed by atoms with Crippen LogP contribution in [0.15, 0.2) is 24.3 Å². The van der Waals surface area contributed by atoms with Gasteiger partial charge in [0.05, 0.1) is 5.60 Å². The molecule has 0 spiro atoms. The van der Waals surface area contributed by atoms with Crippen molar-refractivity contribution in [1.82, 2.24) is 0 Å². The summed E-state index contributed by atoms with van der Waals surface area (Å²) in [6.07, 6.45) is 8.92. The third kappa shape index (κ3) is 2.40. The van der Waals surface area contributed by atoms with Crippen molar-refractivity contribution < 1.29 is 9.84 Å². The first-order valence-electron chi connectivity index (χ1n) is 8.09. The van der Waals surface area contributed by atoms with Gasteiger partial charge in [0.15, 0.2) is 0 Å². The molecule has 1 N–H and O–H groups in total. The fourth-order valence-electron chi connectivity index (χ4n) is 3.87. The van der Waals surface area contributed by atoms with Crippen LogP contribution in [0.4, 0.5) is 0 Å². The maximum absolute atomic E-state index is 11.0. The van der Waals surface area contributed by atoms with E-state index in [0.717, 1.165) is 31.2 Å². The summed E-state index contributed by atoms with van der Waals surface area (Å²) in [6, 6.07) is 8.46. The zero-order chi connectivity index (χ0) is 14.0. The fraction of sp³-hybridized carbons (Fsp3) is 0.667. The Labute approximate surface area is 122 Å². The Kier molecular flexibility index (Phi) is 4.13. The Bertz CT molecular complexity index is 444. The molecule has 1 aromatic carbocycles. The third-order valence-corrected chi connectivity index (χ3v) is 5.44. The van der Waals surface area contributed by atoms with Crippen LogP contribution in [0.5, 0.6) is 0 Å². The van der Waals surface area contributed by atoms with Gasteiger partial charge in [0.2, 0.25) is 0 Å². The van der Waals surface area contributed by atoms with Crippen molar-refractivity contribution in [1.29, 1.82) is 0 Å². The van der Waals surface area contributed by atoms with E-state index in [9.17, 15) is 5.11 Å². The maximum Gasteiger partial charge on any atom is 0.108 e. The molecular formula is C18H26O2. The van der Waals surface area contributed by atoms with E-state index in [1.165, 1.54) is 31.2 Å². The highest BCUT2D eigenvalue weighted by Crippen LogP contribution is 2.45. The fourth-order valence-corrected chi connectivity index (χ4v) is 3.87. The molecule has 0 aliphatic heterocycles. The van der Waals surface area contributed by atoms with Crippen molar-refractivity contribution >= 4 is 0 Å². The third-order valence-electron chi connectivity index (χ3n) is 5.44. The summed E-state index contributed by atoms with van der Waals surface area (Å²) >= 11 is 0. The largest absolute Gasteiger partial charge is 0.385 e. The van der Waals surface area contributed by atoms with Crippen LogP contribution >= 0.6 is 0 Å². The smallest absolute Gasteiger partial charge is 0.108 e. The zero-order valence-electron chi connectivity index (χ0n) is 12.5. The molecule has 0 amide bonds. The van der Waals surface area contributed by atoms with Gasteiger partial charge in [-0.25, -0.2) is 0 Å². The highest BCUT2D eigenvalue weighted by atomic mass is 16.5. The quantitative estimate of drug-likeness (QED) is 0.885. The van der Waals surface area contributed by atoms with E-state index in [-0.39, 0.29) is 5.60 Å². The molecular weight excluding hydrogens is 248 g/mol. The summed E-state index contributed by atoms with van der Waals surface area (Å²) in [5.41, 5.74) is 2.10. The molecule has 0 heterocycles. The van der Waals surface area contributed by atoms with Crippen molar-refractivity contribution in [3.05, 3.63) is 35.4 Å². The zero-order valence-corrected chi connectivity index (χ0v) is 12.5.